The van der Waals surface area contributed by atoms with Crippen LogP contribution in [0.15, 0.2) is 60.7 Å². The zero-order valence-corrected chi connectivity index (χ0v) is 22.6. The Hall–Kier alpha value is -3.13. The fourth-order valence-electron chi connectivity index (χ4n) is 4.90. The van der Waals surface area contributed by atoms with E-state index >= 15 is 0 Å². The topological polar surface area (TPSA) is 33.1 Å². The van der Waals surface area contributed by atoms with Crippen molar-refractivity contribution in [2.75, 3.05) is 0 Å². The van der Waals surface area contributed by atoms with E-state index < -0.39 is 0 Å². The van der Waals surface area contributed by atoms with E-state index in [0.717, 1.165) is 40.6 Å². The highest BCUT2D eigenvalue weighted by molar-refractivity contribution is 5.85. The number of rotatable bonds is 4. The van der Waals surface area contributed by atoms with Gasteiger partial charge in [-0.3, -0.25) is 0 Å². The Kier molecular flexibility index (Phi) is 6.53. The first-order valence-corrected chi connectivity index (χ1v) is 12.7. The third-order valence-corrected chi connectivity index (χ3v) is 7.15. The van der Waals surface area contributed by atoms with Gasteiger partial charge in [-0.1, -0.05) is 90.1 Å². The van der Waals surface area contributed by atoms with Crippen LogP contribution in [0.4, 0.5) is 0 Å². The van der Waals surface area contributed by atoms with Crippen molar-refractivity contribution in [3.8, 4) is 17.0 Å². The highest BCUT2D eigenvalue weighted by atomic mass is 16.3. The normalized spacial score (nSPS) is 12.3. The second-order valence-corrected chi connectivity index (χ2v) is 12.0. The Labute approximate surface area is 211 Å². The summed E-state index contributed by atoms with van der Waals surface area (Å²) < 4.78 is 0. The van der Waals surface area contributed by atoms with Crippen LogP contribution < -0.4 is 0 Å². The molecule has 182 valence electrons. The van der Waals surface area contributed by atoms with E-state index in [1.54, 1.807) is 0 Å². The van der Waals surface area contributed by atoms with Crippen molar-refractivity contribution in [2.24, 2.45) is 0 Å². The summed E-state index contributed by atoms with van der Waals surface area (Å²) >= 11 is 0. The molecule has 2 nitrogen and oxygen atoms in total. The molecule has 1 N–H and O–H groups in total. The van der Waals surface area contributed by atoms with Gasteiger partial charge in [-0.2, -0.15) is 0 Å². The van der Waals surface area contributed by atoms with Crippen molar-refractivity contribution >= 4 is 10.9 Å². The number of aryl methyl sites for hydroxylation is 3. The van der Waals surface area contributed by atoms with Gasteiger partial charge in [0.1, 0.15) is 5.75 Å². The van der Waals surface area contributed by atoms with Crippen molar-refractivity contribution in [1.82, 2.24) is 4.98 Å². The number of para-hydroxylation sites is 1. The van der Waals surface area contributed by atoms with Crippen LogP contribution in [0.25, 0.3) is 22.2 Å². The molecular formula is C33H39NO. The number of pyridine rings is 1. The second kappa shape index (κ2) is 9.15. The smallest absolute Gasteiger partial charge is 0.128 e. The first kappa shape index (κ1) is 25.0. The summed E-state index contributed by atoms with van der Waals surface area (Å²) in [5, 5.41) is 12.5. The van der Waals surface area contributed by atoms with Gasteiger partial charge in [-0.05, 0) is 77.5 Å². The van der Waals surface area contributed by atoms with Gasteiger partial charge in [0.05, 0.1) is 11.2 Å². The lowest BCUT2D eigenvalue weighted by Gasteiger charge is -2.27. The summed E-state index contributed by atoms with van der Waals surface area (Å²) in [7, 11) is 0. The predicted octanol–water partition coefficient (Wildman–Crippen LogP) is 8.60. The van der Waals surface area contributed by atoms with Crippen LogP contribution in [0.2, 0.25) is 0 Å². The number of aromatic hydroxyl groups is 1. The van der Waals surface area contributed by atoms with Crippen LogP contribution in [0.1, 0.15) is 74.9 Å². The lowest BCUT2D eigenvalue weighted by atomic mass is 9.78. The van der Waals surface area contributed by atoms with Crippen LogP contribution in [0, 0.1) is 13.8 Å². The minimum absolute atomic E-state index is 0.0319. The average Bonchev–Trinajstić information content (AvgIpc) is 2.77. The van der Waals surface area contributed by atoms with Gasteiger partial charge in [0.15, 0.2) is 0 Å². The molecule has 3 aromatic carbocycles. The highest BCUT2D eigenvalue weighted by Gasteiger charge is 2.26. The molecule has 0 aliphatic carbocycles. The van der Waals surface area contributed by atoms with E-state index in [9.17, 15) is 5.11 Å². The Balaban J connectivity index is 1.83. The lowest BCUT2D eigenvalue weighted by molar-refractivity contribution is 0.446. The number of phenolic OH excluding ortho intramolecular Hbond substituents is 1. The molecule has 1 heterocycles. The van der Waals surface area contributed by atoms with E-state index in [1.807, 2.05) is 6.07 Å². The largest absolute Gasteiger partial charge is 0.507 e. The molecule has 0 fully saturated rings. The molecule has 1 aromatic heterocycles. The predicted molar refractivity (Wildman–Crippen MR) is 150 cm³/mol. The number of aromatic nitrogens is 1. The number of phenols is 1. The number of fused-ring (bicyclic) bond motifs is 1. The first-order chi connectivity index (χ1) is 16.4. The maximum Gasteiger partial charge on any atom is 0.128 e. The number of hydrogen-bond acceptors (Lipinski definition) is 2. The van der Waals surface area contributed by atoms with Gasteiger partial charge in [0.2, 0.25) is 0 Å². The van der Waals surface area contributed by atoms with Crippen molar-refractivity contribution in [1.29, 1.82) is 0 Å². The number of benzene rings is 3. The van der Waals surface area contributed by atoms with Crippen molar-refractivity contribution in [2.45, 2.75) is 79.1 Å². The molecule has 0 spiro atoms. The van der Waals surface area contributed by atoms with Crippen LogP contribution in [-0.2, 0) is 23.7 Å². The fraction of sp³-hybridized carbons (Fsp3) is 0.364. The highest BCUT2D eigenvalue weighted by Crippen LogP contribution is 2.42. The molecule has 0 saturated carbocycles. The van der Waals surface area contributed by atoms with E-state index in [0.29, 0.717) is 5.75 Å². The third-order valence-electron chi connectivity index (χ3n) is 7.15. The molecule has 2 heteroatoms. The SMILES string of the molecule is Cc1cccc(C)c1CCc1cccc2ccc(-c3cc(C(C)(C)C)cc(C(C)(C)C)c3O)nc12. The molecule has 0 radical (unpaired) electrons. The minimum atomic E-state index is -0.173. The quantitative estimate of drug-likeness (QED) is 0.327. The van der Waals surface area contributed by atoms with Crippen LogP contribution >= 0.6 is 0 Å². The Morgan fingerprint density at radius 3 is 2.03 bits per heavy atom. The van der Waals surface area contributed by atoms with E-state index in [1.165, 1.54) is 27.8 Å². The molecule has 4 rings (SSSR count). The van der Waals surface area contributed by atoms with Crippen molar-refractivity contribution in [3.05, 3.63) is 94.0 Å². The minimum Gasteiger partial charge on any atom is -0.507 e. The Morgan fingerprint density at radius 2 is 1.40 bits per heavy atom. The summed E-state index contributed by atoms with van der Waals surface area (Å²) in [5.74, 6) is 0.338. The monoisotopic (exact) mass is 465 g/mol. The molecule has 4 aromatic rings. The van der Waals surface area contributed by atoms with Crippen molar-refractivity contribution in [3.63, 3.8) is 0 Å². The molecule has 0 bridgehead atoms. The average molecular weight is 466 g/mol. The molecule has 35 heavy (non-hydrogen) atoms. The van der Waals surface area contributed by atoms with Crippen LogP contribution in [-0.4, -0.2) is 10.1 Å². The molecular weight excluding hydrogens is 426 g/mol. The van der Waals surface area contributed by atoms with Crippen LogP contribution in [0.5, 0.6) is 5.75 Å². The van der Waals surface area contributed by atoms with Crippen molar-refractivity contribution < 1.29 is 5.11 Å². The summed E-state index contributed by atoms with van der Waals surface area (Å²) in [5.41, 5.74) is 9.98. The zero-order chi connectivity index (χ0) is 25.5. The fourth-order valence-corrected chi connectivity index (χ4v) is 4.90. The summed E-state index contributed by atoms with van der Waals surface area (Å²) in [6.07, 6.45) is 1.92. The van der Waals surface area contributed by atoms with E-state index in [-0.39, 0.29) is 10.8 Å². The molecule has 0 aliphatic rings. The van der Waals surface area contributed by atoms with Gasteiger partial charge in [-0.15, -0.1) is 0 Å². The number of nitrogens with zero attached hydrogens (tertiary/aromatic N) is 1. The molecule has 0 saturated heterocycles. The zero-order valence-electron chi connectivity index (χ0n) is 22.6. The van der Waals surface area contributed by atoms with Gasteiger partial charge >= 0.3 is 0 Å². The second-order valence-electron chi connectivity index (χ2n) is 12.0. The molecule has 0 atom stereocenters. The maximum absolute atomic E-state index is 11.4. The van der Waals surface area contributed by atoms with E-state index in [2.05, 4.69) is 110 Å². The van der Waals surface area contributed by atoms with Gasteiger partial charge in [0.25, 0.3) is 0 Å². The van der Waals surface area contributed by atoms with Gasteiger partial charge < -0.3 is 5.11 Å². The van der Waals surface area contributed by atoms with E-state index in [4.69, 9.17) is 4.98 Å². The Morgan fingerprint density at radius 1 is 0.743 bits per heavy atom. The van der Waals surface area contributed by atoms with Gasteiger partial charge in [0, 0.05) is 16.5 Å². The first-order valence-electron chi connectivity index (χ1n) is 12.7. The molecule has 0 amide bonds. The summed E-state index contributed by atoms with van der Waals surface area (Å²) in [6, 6.07) is 21.4. The Bertz CT molecular complexity index is 1360. The standard InChI is InChI=1S/C33H39NO/c1-21-11-9-12-22(2)26(21)17-15-23-13-10-14-24-16-18-29(34-30(23)24)27-19-25(32(3,4)5)20-28(31(27)35)33(6,7)8/h9-14,16,18-20,35H,15,17H2,1-8H3. The summed E-state index contributed by atoms with van der Waals surface area (Å²) in [6.45, 7) is 17.5. The maximum atomic E-state index is 11.4. The number of hydrogen-bond donors (Lipinski definition) is 1. The molecule has 0 aliphatic heterocycles. The summed E-state index contributed by atoms with van der Waals surface area (Å²) in [4.78, 5) is 5.15. The third kappa shape index (κ3) is 5.12. The van der Waals surface area contributed by atoms with Crippen LogP contribution in [0.3, 0.4) is 0 Å². The lowest BCUT2D eigenvalue weighted by Crippen LogP contribution is -2.17. The molecule has 0 unspecified atom stereocenters. The van der Waals surface area contributed by atoms with Gasteiger partial charge in [-0.25, -0.2) is 4.98 Å².